The van der Waals surface area contributed by atoms with Crippen molar-refractivity contribution in [3.05, 3.63) is 19.4 Å². The minimum Gasteiger partial charge on any atom is -0.476 e. The SMILES string of the molecule is Cn1nc([N+](=O)[O-])c(I)c1C(=O)O. The predicted molar refractivity (Wildman–Crippen MR) is 49.5 cm³/mol. The highest BCUT2D eigenvalue weighted by molar-refractivity contribution is 14.1. The molecule has 0 aliphatic rings. The molecule has 0 aliphatic heterocycles. The lowest BCUT2D eigenvalue weighted by Crippen LogP contribution is -2.06. The van der Waals surface area contributed by atoms with Gasteiger partial charge in [0.1, 0.15) is 3.57 Å². The van der Waals surface area contributed by atoms with E-state index in [1.165, 1.54) is 7.05 Å². The summed E-state index contributed by atoms with van der Waals surface area (Å²) in [6, 6.07) is 0. The Morgan fingerprint density at radius 3 is 2.54 bits per heavy atom. The van der Waals surface area contributed by atoms with Crippen LogP contribution in [0.3, 0.4) is 0 Å². The summed E-state index contributed by atoms with van der Waals surface area (Å²) in [6.07, 6.45) is 0. The fourth-order valence-corrected chi connectivity index (χ4v) is 1.72. The van der Waals surface area contributed by atoms with Gasteiger partial charge in [0.15, 0.2) is 5.69 Å². The monoisotopic (exact) mass is 297 g/mol. The standard InChI is InChI=1S/C5H4IN3O4/c1-8-3(5(10)11)2(6)4(7-8)9(12)13/h1H3,(H,10,11). The van der Waals surface area contributed by atoms with Crippen molar-refractivity contribution in [2.75, 3.05) is 0 Å². The maximum atomic E-state index is 10.6. The van der Waals surface area contributed by atoms with Gasteiger partial charge in [-0.1, -0.05) is 0 Å². The van der Waals surface area contributed by atoms with E-state index < -0.39 is 16.7 Å². The Balaban J connectivity index is 3.39. The number of carboxylic acid groups (broad SMARTS) is 1. The van der Waals surface area contributed by atoms with Gasteiger partial charge in [-0.15, -0.1) is 0 Å². The zero-order valence-electron chi connectivity index (χ0n) is 6.39. The van der Waals surface area contributed by atoms with Crippen molar-refractivity contribution in [2.24, 2.45) is 7.05 Å². The number of nitro groups is 1. The summed E-state index contributed by atoms with van der Waals surface area (Å²) in [6.45, 7) is 0. The van der Waals surface area contributed by atoms with E-state index in [1.54, 1.807) is 22.6 Å². The number of hydrogen-bond acceptors (Lipinski definition) is 4. The van der Waals surface area contributed by atoms with Gasteiger partial charge >= 0.3 is 11.8 Å². The summed E-state index contributed by atoms with van der Waals surface area (Å²) in [7, 11) is 1.35. The Morgan fingerprint density at radius 2 is 2.31 bits per heavy atom. The molecule has 0 fully saturated rings. The lowest BCUT2D eigenvalue weighted by molar-refractivity contribution is -0.390. The smallest absolute Gasteiger partial charge is 0.404 e. The first-order valence-corrected chi connectivity index (χ1v) is 4.13. The number of carboxylic acids is 1. The summed E-state index contributed by atoms with van der Waals surface area (Å²) < 4.78 is 1.01. The van der Waals surface area contributed by atoms with E-state index >= 15 is 0 Å². The number of hydrogen-bond donors (Lipinski definition) is 1. The van der Waals surface area contributed by atoms with E-state index in [1.807, 2.05) is 0 Å². The average molecular weight is 297 g/mol. The van der Waals surface area contributed by atoms with Crippen molar-refractivity contribution >= 4 is 34.4 Å². The third-order valence-electron chi connectivity index (χ3n) is 1.35. The quantitative estimate of drug-likeness (QED) is 0.490. The molecule has 0 atom stereocenters. The largest absolute Gasteiger partial charge is 0.476 e. The molecule has 8 heteroatoms. The van der Waals surface area contributed by atoms with Crippen LogP contribution in [0.2, 0.25) is 0 Å². The summed E-state index contributed by atoms with van der Waals surface area (Å²) in [5.41, 5.74) is -0.174. The van der Waals surface area contributed by atoms with Crippen molar-refractivity contribution in [3.8, 4) is 0 Å². The Bertz CT molecular complexity index is 385. The van der Waals surface area contributed by atoms with Crippen LogP contribution in [0.1, 0.15) is 10.5 Å². The Labute approximate surface area is 85.6 Å². The lowest BCUT2D eigenvalue weighted by Gasteiger charge is -1.89. The van der Waals surface area contributed by atoms with E-state index in [0.29, 0.717) is 0 Å². The van der Waals surface area contributed by atoms with Gasteiger partial charge in [0.05, 0.1) is 12.1 Å². The molecule has 1 N–H and O–H groups in total. The van der Waals surface area contributed by atoms with E-state index in [9.17, 15) is 14.9 Å². The van der Waals surface area contributed by atoms with Crippen LogP contribution in [-0.2, 0) is 7.05 Å². The second-order valence-electron chi connectivity index (χ2n) is 2.17. The predicted octanol–water partition coefficient (Wildman–Crippen LogP) is 0.631. The molecule has 0 amide bonds. The van der Waals surface area contributed by atoms with Gasteiger partial charge in [-0.3, -0.25) is 0 Å². The highest BCUT2D eigenvalue weighted by Gasteiger charge is 2.28. The van der Waals surface area contributed by atoms with E-state index in [2.05, 4.69) is 5.10 Å². The van der Waals surface area contributed by atoms with Crippen molar-refractivity contribution < 1.29 is 14.8 Å². The fraction of sp³-hybridized carbons (Fsp3) is 0.200. The topological polar surface area (TPSA) is 98.3 Å². The molecule has 0 saturated heterocycles. The van der Waals surface area contributed by atoms with Crippen molar-refractivity contribution in [2.45, 2.75) is 0 Å². The molecule has 0 aromatic carbocycles. The number of nitrogens with zero attached hydrogens (tertiary/aromatic N) is 3. The molecule has 1 heterocycles. The molecular weight excluding hydrogens is 293 g/mol. The van der Waals surface area contributed by atoms with Gasteiger partial charge in [0, 0.05) is 0 Å². The zero-order chi connectivity index (χ0) is 10.2. The molecular formula is C5H4IN3O4. The molecule has 7 nitrogen and oxygen atoms in total. The Kier molecular flexibility index (Phi) is 2.50. The molecule has 1 aromatic heterocycles. The van der Waals surface area contributed by atoms with Crippen LogP contribution < -0.4 is 0 Å². The normalized spacial score (nSPS) is 10.0. The molecule has 0 spiro atoms. The van der Waals surface area contributed by atoms with Crippen LogP contribution in [0.25, 0.3) is 0 Å². The molecule has 1 aromatic rings. The number of aromatic nitrogens is 2. The van der Waals surface area contributed by atoms with Gasteiger partial charge in [-0.05, 0) is 27.5 Å². The number of halogens is 1. The van der Waals surface area contributed by atoms with Gasteiger partial charge in [-0.25, -0.2) is 4.79 Å². The van der Waals surface area contributed by atoms with Gasteiger partial charge in [0.2, 0.25) is 0 Å². The van der Waals surface area contributed by atoms with Crippen LogP contribution >= 0.6 is 22.6 Å². The number of aromatic carboxylic acids is 1. The molecule has 0 unspecified atom stereocenters. The molecule has 70 valence electrons. The van der Waals surface area contributed by atoms with Crippen LogP contribution in [0.15, 0.2) is 0 Å². The first-order chi connectivity index (χ1) is 5.95. The van der Waals surface area contributed by atoms with Gasteiger partial charge < -0.3 is 15.2 Å². The first kappa shape index (κ1) is 9.89. The molecule has 0 aliphatic carbocycles. The number of rotatable bonds is 2. The second-order valence-corrected chi connectivity index (χ2v) is 3.25. The van der Waals surface area contributed by atoms with Gasteiger partial charge in [0.25, 0.3) is 0 Å². The maximum absolute atomic E-state index is 10.6. The molecule has 13 heavy (non-hydrogen) atoms. The molecule has 0 bridgehead atoms. The second kappa shape index (κ2) is 3.28. The highest BCUT2D eigenvalue weighted by atomic mass is 127. The van der Waals surface area contributed by atoms with Crippen LogP contribution in [0.5, 0.6) is 0 Å². The maximum Gasteiger partial charge on any atom is 0.404 e. The summed E-state index contributed by atoms with van der Waals surface area (Å²) >= 11 is 1.59. The Hall–Kier alpha value is -1.19. The van der Waals surface area contributed by atoms with Crippen molar-refractivity contribution in [1.29, 1.82) is 0 Å². The third-order valence-corrected chi connectivity index (χ3v) is 2.34. The van der Waals surface area contributed by atoms with Crippen molar-refractivity contribution in [3.63, 3.8) is 0 Å². The van der Waals surface area contributed by atoms with Crippen LogP contribution in [-0.4, -0.2) is 25.8 Å². The average Bonchev–Trinajstić information content (AvgIpc) is 2.26. The van der Waals surface area contributed by atoms with Gasteiger partial charge in [-0.2, -0.15) is 4.68 Å². The van der Waals surface area contributed by atoms with E-state index in [4.69, 9.17) is 5.11 Å². The van der Waals surface area contributed by atoms with Crippen LogP contribution in [0, 0.1) is 13.7 Å². The molecule has 0 saturated carbocycles. The summed E-state index contributed by atoms with van der Waals surface area (Å²) in [5, 5.41) is 22.5. The number of aryl methyl sites for hydroxylation is 1. The third kappa shape index (κ3) is 1.61. The number of carbonyl (C=O) groups is 1. The van der Waals surface area contributed by atoms with E-state index in [0.717, 1.165) is 4.68 Å². The van der Waals surface area contributed by atoms with Crippen molar-refractivity contribution in [1.82, 2.24) is 9.78 Å². The minimum atomic E-state index is -1.23. The molecule has 0 radical (unpaired) electrons. The fourth-order valence-electron chi connectivity index (χ4n) is 0.833. The molecule has 1 rings (SSSR count). The Morgan fingerprint density at radius 1 is 1.77 bits per heavy atom. The zero-order valence-corrected chi connectivity index (χ0v) is 8.55. The summed E-state index contributed by atoms with van der Waals surface area (Å²) in [5.74, 6) is -1.66. The van der Waals surface area contributed by atoms with Crippen LogP contribution in [0.4, 0.5) is 5.82 Å². The minimum absolute atomic E-state index is 0.0394. The summed E-state index contributed by atoms with van der Waals surface area (Å²) in [4.78, 5) is 20.2. The first-order valence-electron chi connectivity index (χ1n) is 3.05. The van der Waals surface area contributed by atoms with E-state index in [-0.39, 0.29) is 9.26 Å². The lowest BCUT2D eigenvalue weighted by atomic mass is 10.4. The highest BCUT2D eigenvalue weighted by Crippen LogP contribution is 2.22.